The largest absolute Gasteiger partial charge is 0.494 e. The second kappa shape index (κ2) is 6.15. The molecule has 1 saturated heterocycles. The van der Waals surface area contributed by atoms with Gasteiger partial charge in [-0.2, -0.15) is 0 Å². The van der Waals surface area contributed by atoms with E-state index >= 15 is 0 Å². The van der Waals surface area contributed by atoms with E-state index in [0.717, 1.165) is 16.7 Å². The van der Waals surface area contributed by atoms with Crippen LogP contribution in [0, 0.1) is 0 Å². The summed E-state index contributed by atoms with van der Waals surface area (Å²) in [6.07, 6.45) is 1.90. The molecule has 0 aliphatic carbocycles. The molecule has 0 bridgehead atoms. The van der Waals surface area contributed by atoms with Crippen LogP contribution in [0.4, 0.5) is 0 Å². The molecule has 2 aromatic carbocycles. The molecular formula is C23H22BNO2S. The molecular weight excluding hydrogens is 365 g/mol. The molecule has 3 heterocycles. The fourth-order valence-corrected chi connectivity index (χ4v) is 4.88. The van der Waals surface area contributed by atoms with Gasteiger partial charge in [-0.3, -0.25) is 4.98 Å². The molecule has 1 aliphatic heterocycles. The van der Waals surface area contributed by atoms with Gasteiger partial charge in [0.1, 0.15) is 0 Å². The van der Waals surface area contributed by atoms with Crippen LogP contribution >= 0.6 is 11.3 Å². The van der Waals surface area contributed by atoms with Gasteiger partial charge in [-0.15, -0.1) is 11.3 Å². The van der Waals surface area contributed by atoms with Crippen molar-refractivity contribution in [3.05, 3.63) is 60.8 Å². The third-order valence-electron chi connectivity index (χ3n) is 5.98. The molecule has 0 saturated carbocycles. The number of aromatic nitrogens is 1. The first-order chi connectivity index (χ1) is 13.4. The summed E-state index contributed by atoms with van der Waals surface area (Å²) in [4.78, 5) is 4.73. The van der Waals surface area contributed by atoms with Crippen molar-refractivity contribution in [2.24, 2.45) is 0 Å². The first-order valence-electron chi connectivity index (χ1n) is 9.58. The number of hydrogen-bond acceptors (Lipinski definition) is 4. The molecule has 3 nitrogen and oxygen atoms in total. The summed E-state index contributed by atoms with van der Waals surface area (Å²) in [6, 6.07) is 19.0. The zero-order chi connectivity index (χ0) is 19.5. The Kier molecular flexibility index (Phi) is 3.92. The van der Waals surface area contributed by atoms with Gasteiger partial charge in [-0.1, -0.05) is 42.5 Å². The van der Waals surface area contributed by atoms with Crippen molar-refractivity contribution in [2.75, 3.05) is 0 Å². The van der Waals surface area contributed by atoms with Crippen LogP contribution in [0.5, 0.6) is 0 Å². The number of thiophene rings is 1. The molecule has 0 atom stereocenters. The van der Waals surface area contributed by atoms with Crippen LogP contribution in [-0.2, 0) is 9.31 Å². The number of nitrogens with zero attached hydrogens (tertiary/aromatic N) is 1. The quantitative estimate of drug-likeness (QED) is 0.431. The van der Waals surface area contributed by atoms with E-state index in [9.17, 15) is 0 Å². The van der Waals surface area contributed by atoms with Crippen molar-refractivity contribution in [3.8, 4) is 11.3 Å². The number of rotatable bonds is 2. The fraction of sp³-hybridized carbons (Fsp3) is 0.261. The van der Waals surface area contributed by atoms with Crippen LogP contribution in [0.3, 0.4) is 0 Å². The standard InChI is InChI=1S/C23H22BNO2S/c1-22(2)23(3,4)27-24(26-22)16-9-7-8-15(14-16)20-21-18(12-13-25-20)17-10-5-6-11-19(17)28-21/h5-14H,1-4H3. The molecule has 0 amide bonds. The van der Waals surface area contributed by atoms with Crippen molar-refractivity contribution in [3.63, 3.8) is 0 Å². The van der Waals surface area contributed by atoms with Crippen molar-refractivity contribution >= 4 is 44.1 Å². The molecule has 5 rings (SSSR count). The SMILES string of the molecule is CC1(C)OB(c2cccc(-c3nccc4c3sc3ccccc34)c2)OC1(C)C. The third-order valence-corrected chi connectivity index (χ3v) is 7.17. The number of fused-ring (bicyclic) bond motifs is 3. The maximum atomic E-state index is 6.24. The Morgan fingerprint density at radius 3 is 2.39 bits per heavy atom. The van der Waals surface area contributed by atoms with E-state index < -0.39 is 0 Å². The highest BCUT2D eigenvalue weighted by molar-refractivity contribution is 7.26. The van der Waals surface area contributed by atoms with Crippen molar-refractivity contribution in [1.82, 2.24) is 4.98 Å². The molecule has 28 heavy (non-hydrogen) atoms. The van der Waals surface area contributed by atoms with E-state index in [4.69, 9.17) is 14.3 Å². The van der Waals surface area contributed by atoms with E-state index in [1.165, 1.54) is 20.2 Å². The third kappa shape index (κ3) is 2.69. The molecule has 0 radical (unpaired) electrons. The summed E-state index contributed by atoms with van der Waals surface area (Å²) in [6.45, 7) is 8.32. The van der Waals surface area contributed by atoms with Gasteiger partial charge < -0.3 is 9.31 Å². The lowest BCUT2D eigenvalue weighted by molar-refractivity contribution is 0.00578. The van der Waals surface area contributed by atoms with Gasteiger partial charge in [0.2, 0.25) is 0 Å². The lowest BCUT2D eigenvalue weighted by atomic mass is 9.78. The van der Waals surface area contributed by atoms with Gasteiger partial charge in [-0.25, -0.2) is 0 Å². The molecule has 0 spiro atoms. The molecule has 4 aromatic rings. The van der Waals surface area contributed by atoms with Gasteiger partial charge in [-0.05, 0) is 45.3 Å². The Morgan fingerprint density at radius 1 is 0.857 bits per heavy atom. The highest BCUT2D eigenvalue weighted by atomic mass is 32.1. The Hall–Kier alpha value is -2.21. The first kappa shape index (κ1) is 17.9. The van der Waals surface area contributed by atoms with E-state index in [1.807, 2.05) is 6.20 Å². The van der Waals surface area contributed by atoms with E-state index in [1.54, 1.807) is 11.3 Å². The minimum Gasteiger partial charge on any atom is -0.399 e. The number of pyridine rings is 1. The summed E-state index contributed by atoms with van der Waals surface area (Å²) < 4.78 is 15.0. The summed E-state index contributed by atoms with van der Waals surface area (Å²) in [7, 11) is -0.369. The summed E-state index contributed by atoms with van der Waals surface area (Å²) in [5.74, 6) is 0. The van der Waals surface area contributed by atoms with E-state index in [2.05, 4.69) is 82.3 Å². The van der Waals surface area contributed by atoms with Gasteiger partial charge in [0.15, 0.2) is 0 Å². The van der Waals surface area contributed by atoms with Crippen molar-refractivity contribution in [2.45, 2.75) is 38.9 Å². The Bertz CT molecular complexity index is 1180. The second-order valence-corrected chi connectivity index (χ2v) is 9.40. The Balaban J connectivity index is 1.61. The number of benzene rings is 2. The average molecular weight is 387 g/mol. The number of hydrogen-bond donors (Lipinski definition) is 0. The highest BCUT2D eigenvalue weighted by Crippen LogP contribution is 2.39. The summed E-state index contributed by atoms with van der Waals surface area (Å²) >= 11 is 1.80. The molecule has 5 heteroatoms. The van der Waals surface area contributed by atoms with Gasteiger partial charge in [0, 0.05) is 27.2 Å². The molecule has 2 aromatic heterocycles. The van der Waals surface area contributed by atoms with Gasteiger partial charge >= 0.3 is 7.12 Å². The first-order valence-corrected chi connectivity index (χ1v) is 10.4. The van der Waals surface area contributed by atoms with Crippen molar-refractivity contribution < 1.29 is 9.31 Å². The lowest BCUT2D eigenvalue weighted by Crippen LogP contribution is -2.41. The van der Waals surface area contributed by atoms with Crippen LogP contribution in [0.1, 0.15) is 27.7 Å². The van der Waals surface area contributed by atoms with Crippen LogP contribution < -0.4 is 5.46 Å². The zero-order valence-electron chi connectivity index (χ0n) is 16.5. The highest BCUT2D eigenvalue weighted by Gasteiger charge is 2.51. The molecule has 1 aliphatic rings. The zero-order valence-corrected chi connectivity index (χ0v) is 17.3. The lowest BCUT2D eigenvalue weighted by Gasteiger charge is -2.32. The van der Waals surface area contributed by atoms with Crippen LogP contribution in [0.15, 0.2) is 60.8 Å². The van der Waals surface area contributed by atoms with E-state index in [-0.39, 0.29) is 18.3 Å². The van der Waals surface area contributed by atoms with Gasteiger partial charge in [0.05, 0.1) is 21.6 Å². The Labute approximate surface area is 169 Å². The fourth-order valence-electron chi connectivity index (χ4n) is 3.67. The average Bonchev–Trinajstić information content (AvgIpc) is 3.15. The van der Waals surface area contributed by atoms with Crippen LogP contribution in [0.25, 0.3) is 31.4 Å². The molecule has 1 fully saturated rings. The molecule has 0 unspecified atom stereocenters. The smallest absolute Gasteiger partial charge is 0.399 e. The Morgan fingerprint density at radius 2 is 1.61 bits per heavy atom. The van der Waals surface area contributed by atoms with Crippen LogP contribution in [0.2, 0.25) is 0 Å². The minimum absolute atomic E-state index is 0.350. The minimum atomic E-state index is -0.369. The molecule has 140 valence electrons. The summed E-state index contributed by atoms with van der Waals surface area (Å²) in [5.41, 5.74) is 2.42. The maximum Gasteiger partial charge on any atom is 0.494 e. The normalized spacial score (nSPS) is 18.2. The van der Waals surface area contributed by atoms with Gasteiger partial charge in [0.25, 0.3) is 0 Å². The van der Waals surface area contributed by atoms with E-state index in [0.29, 0.717) is 0 Å². The molecule has 0 N–H and O–H groups in total. The second-order valence-electron chi connectivity index (χ2n) is 8.35. The van der Waals surface area contributed by atoms with Crippen LogP contribution in [-0.4, -0.2) is 23.3 Å². The van der Waals surface area contributed by atoms with Crippen molar-refractivity contribution in [1.29, 1.82) is 0 Å². The predicted molar refractivity (Wildman–Crippen MR) is 118 cm³/mol. The maximum absolute atomic E-state index is 6.24. The monoisotopic (exact) mass is 387 g/mol. The predicted octanol–water partition coefficient (Wildman–Crippen LogP) is 5.42. The summed E-state index contributed by atoms with van der Waals surface area (Å²) in [5, 5.41) is 2.54. The topological polar surface area (TPSA) is 31.4 Å².